The SMILES string of the molecule is CC(C)(C(F)F)C(F)N1CCNCC1. The van der Waals surface area contributed by atoms with E-state index >= 15 is 0 Å². The van der Waals surface area contributed by atoms with Crippen LogP contribution in [0.15, 0.2) is 0 Å². The Morgan fingerprint density at radius 2 is 1.64 bits per heavy atom. The lowest BCUT2D eigenvalue weighted by Crippen LogP contribution is -2.53. The molecule has 0 aromatic heterocycles. The van der Waals surface area contributed by atoms with Crippen LogP contribution >= 0.6 is 0 Å². The molecule has 0 aromatic carbocycles. The summed E-state index contributed by atoms with van der Waals surface area (Å²) < 4.78 is 38.8. The zero-order valence-corrected chi connectivity index (χ0v) is 8.56. The molecule has 0 bridgehead atoms. The van der Waals surface area contributed by atoms with Gasteiger partial charge in [0.05, 0.1) is 5.41 Å². The van der Waals surface area contributed by atoms with Crippen LogP contribution < -0.4 is 5.32 Å². The maximum absolute atomic E-state index is 13.7. The summed E-state index contributed by atoms with van der Waals surface area (Å²) in [5, 5.41) is 3.05. The fourth-order valence-electron chi connectivity index (χ4n) is 1.48. The molecule has 1 heterocycles. The highest BCUT2D eigenvalue weighted by atomic mass is 19.3. The maximum atomic E-state index is 13.7. The first kappa shape index (κ1) is 11.8. The number of hydrogen-bond donors (Lipinski definition) is 1. The van der Waals surface area contributed by atoms with Crippen molar-refractivity contribution in [3.05, 3.63) is 0 Å². The summed E-state index contributed by atoms with van der Waals surface area (Å²) >= 11 is 0. The Bertz CT molecular complexity index is 179. The van der Waals surface area contributed by atoms with Crippen molar-refractivity contribution in [1.29, 1.82) is 0 Å². The zero-order valence-electron chi connectivity index (χ0n) is 8.56. The lowest BCUT2D eigenvalue weighted by atomic mass is 9.91. The van der Waals surface area contributed by atoms with Gasteiger partial charge in [0.15, 0.2) is 6.30 Å². The van der Waals surface area contributed by atoms with Crippen LogP contribution in [-0.4, -0.2) is 43.8 Å². The topological polar surface area (TPSA) is 15.3 Å². The van der Waals surface area contributed by atoms with E-state index in [0.717, 1.165) is 0 Å². The first-order valence-corrected chi connectivity index (χ1v) is 4.83. The van der Waals surface area contributed by atoms with Crippen LogP contribution in [0.5, 0.6) is 0 Å². The Morgan fingerprint density at radius 1 is 1.14 bits per heavy atom. The molecule has 1 aliphatic heterocycles. The molecule has 1 fully saturated rings. The maximum Gasteiger partial charge on any atom is 0.247 e. The van der Waals surface area contributed by atoms with Crippen molar-refractivity contribution >= 4 is 0 Å². The molecule has 1 saturated heterocycles. The van der Waals surface area contributed by atoms with E-state index in [1.165, 1.54) is 18.7 Å². The Kier molecular flexibility index (Phi) is 3.78. The summed E-state index contributed by atoms with van der Waals surface area (Å²) in [4.78, 5) is 1.47. The Balaban J connectivity index is 2.57. The molecule has 14 heavy (non-hydrogen) atoms. The van der Waals surface area contributed by atoms with Crippen molar-refractivity contribution in [2.75, 3.05) is 26.2 Å². The summed E-state index contributed by atoms with van der Waals surface area (Å²) in [6.45, 7) is 4.86. The largest absolute Gasteiger partial charge is 0.314 e. The first-order valence-electron chi connectivity index (χ1n) is 4.83. The van der Waals surface area contributed by atoms with Crippen molar-refractivity contribution < 1.29 is 13.2 Å². The summed E-state index contributed by atoms with van der Waals surface area (Å²) in [5.41, 5.74) is -1.59. The summed E-state index contributed by atoms with van der Waals surface area (Å²) in [6.07, 6.45) is -4.20. The van der Waals surface area contributed by atoms with Gasteiger partial charge in [0, 0.05) is 26.2 Å². The van der Waals surface area contributed by atoms with Gasteiger partial charge in [-0.05, 0) is 0 Å². The molecule has 1 rings (SSSR count). The minimum absolute atomic E-state index is 0.497. The molecule has 1 unspecified atom stereocenters. The molecule has 1 atom stereocenters. The van der Waals surface area contributed by atoms with Crippen molar-refractivity contribution in [2.45, 2.75) is 26.6 Å². The van der Waals surface area contributed by atoms with Gasteiger partial charge in [0.1, 0.15) is 0 Å². The lowest BCUT2D eigenvalue weighted by Gasteiger charge is -2.38. The van der Waals surface area contributed by atoms with Gasteiger partial charge in [-0.2, -0.15) is 0 Å². The van der Waals surface area contributed by atoms with E-state index in [-0.39, 0.29) is 0 Å². The first-order chi connectivity index (χ1) is 6.46. The van der Waals surface area contributed by atoms with Gasteiger partial charge in [-0.1, -0.05) is 13.8 Å². The second kappa shape index (κ2) is 4.49. The molecule has 84 valence electrons. The fraction of sp³-hybridized carbons (Fsp3) is 1.00. The number of rotatable bonds is 3. The van der Waals surface area contributed by atoms with Crippen molar-refractivity contribution in [3.63, 3.8) is 0 Å². The molecule has 0 aromatic rings. The van der Waals surface area contributed by atoms with Crippen LogP contribution in [0.25, 0.3) is 0 Å². The van der Waals surface area contributed by atoms with E-state index in [0.29, 0.717) is 26.2 Å². The van der Waals surface area contributed by atoms with Crippen LogP contribution in [0.1, 0.15) is 13.8 Å². The van der Waals surface area contributed by atoms with Gasteiger partial charge in [0.25, 0.3) is 0 Å². The van der Waals surface area contributed by atoms with Crippen LogP contribution in [0.4, 0.5) is 13.2 Å². The number of hydrogen-bond acceptors (Lipinski definition) is 2. The second-order valence-electron chi connectivity index (χ2n) is 4.24. The predicted molar refractivity (Wildman–Crippen MR) is 49.1 cm³/mol. The van der Waals surface area contributed by atoms with Gasteiger partial charge in [-0.3, -0.25) is 4.90 Å². The fourth-order valence-corrected chi connectivity index (χ4v) is 1.48. The molecule has 1 N–H and O–H groups in total. The molecule has 5 heteroatoms. The van der Waals surface area contributed by atoms with Crippen LogP contribution in [-0.2, 0) is 0 Å². The molecule has 0 radical (unpaired) electrons. The Morgan fingerprint density at radius 3 is 2.07 bits per heavy atom. The average Bonchev–Trinajstić information content (AvgIpc) is 2.17. The Labute approximate surface area is 82.5 Å². The van der Waals surface area contributed by atoms with Gasteiger partial charge in [0.2, 0.25) is 6.43 Å². The molecule has 0 amide bonds. The average molecular weight is 210 g/mol. The van der Waals surface area contributed by atoms with Gasteiger partial charge in [-0.25, -0.2) is 13.2 Å². The molecule has 0 aliphatic carbocycles. The number of nitrogens with zero attached hydrogens (tertiary/aromatic N) is 1. The third kappa shape index (κ3) is 2.39. The highest BCUT2D eigenvalue weighted by Gasteiger charge is 2.42. The lowest BCUT2D eigenvalue weighted by molar-refractivity contribution is -0.100. The number of alkyl halides is 3. The van der Waals surface area contributed by atoms with E-state index in [2.05, 4.69) is 5.32 Å². The number of nitrogens with one attached hydrogen (secondary N) is 1. The molecule has 0 spiro atoms. The van der Waals surface area contributed by atoms with Gasteiger partial charge < -0.3 is 5.32 Å². The van der Waals surface area contributed by atoms with E-state index < -0.39 is 18.1 Å². The predicted octanol–water partition coefficient (Wildman–Crippen LogP) is 1.48. The van der Waals surface area contributed by atoms with Crippen LogP contribution in [0.2, 0.25) is 0 Å². The monoisotopic (exact) mass is 210 g/mol. The van der Waals surface area contributed by atoms with Crippen LogP contribution in [0, 0.1) is 5.41 Å². The zero-order chi connectivity index (χ0) is 10.8. The quantitative estimate of drug-likeness (QED) is 0.710. The molecule has 2 nitrogen and oxygen atoms in total. The summed E-state index contributed by atoms with van der Waals surface area (Å²) in [5.74, 6) is 0. The molecular weight excluding hydrogens is 193 g/mol. The third-order valence-electron chi connectivity index (χ3n) is 2.65. The highest BCUT2D eigenvalue weighted by molar-refractivity contribution is 4.83. The van der Waals surface area contributed by atoms with E-state index in [4.69, 9.17) is 0 Å². The van der Waals surface area contributed by atoms with Crippen molar-refractivity contribution in [2.24, 2.45) is 5.41 Å². The molecule has 1 aliphatic rings. The highest BCUT2D eigenvalue weighted by Crippen LogP contribution is 2.33. The number of piperazine rings is 1. The Hall–Kier alpha value is -0.290. The molecule has 0 saturated carbocycles. The minimum atomic E-state index is -2.63. The van der Waals surface area contributed by atoms with E-state index in [1.54, 1.807) is 0 Å². The summed E-state index contributed by atoms with van der Waals surface area (Å²) in [7, 11) is 0. The second-order valence-corrected chi connectivity index (χ2v) is 4.24. The van der Waals surface area contributed by atoms with Crippen molar-refractivity contribution in [1.82, 2.24) is 10.2 Å². The number of halogens is 3. The van der Waals surface area contributed by atoms with Gasteiger partial charge in [-0.15, -0.1) is 0 Å². The normalized spacial score (nSPS) is 22.7. The summed E-state index contributed by atoms with van der Waals surface area (Å²) in [6, 6.07) is 0. The van der Waals surface area contributed by atoms with Crippen LogP contribution in [0.3, 0.4) is 0 Å². The van der Waals surface area contributed by atoms with E-state index in [9.17, 15) is 13.2 Å². The van der Waals surface area contributed by atoms with Crippen molar-refractivity contribution in [3.8, 4) is 0 Å². The third-order valence-corrected chi connectivity index (χ3v) is 2.65. The minimum Gasteiger partial charge on any atom is -0.314 e. The van der Waals surface area contributed by atoms with Gasteiger partial charge >= 0.3 is 0 Å². The standard InChI is InChI=1S/C9H17F3N2/c1-9(2,7(10)11)8(12)14-5-3-13-4-6-14/h7-8,13H,3-6H2,1-2H3. The molecular formula is C9H17F3N2. The van der Waals surface area contributed by atoms with E-state index in [1.807, 2.05) is 0 Å². The smallest absolute Gasteiger partial charge is 0.247 e.